The number of halogens is 2. The third-order valence-corrected chi connectivity index (χ3v) is 3.44. The summed E-state index contributed by atoms with van der Waals surface area (Å²) in [6, 6.07) is 4.60. The van der Waals surface area contributed by atoms with Crippen molar-refractivity contribution in [1.29, 1.82) is 5.41 Å². The molecule has 0 aliphatic heterocycles. The van der Waals surface area contributed by atoms with Crippen LogP contribution in [0.25, 0.3) is 0 Å². The molecule has 0 saturated heterocycles. The normalized spacial score (nSPS) is 16.6. The van der Waals surface area contributed by atoms with Gasteiger partial charge in [0.15, 0.2) is 11.6 Å². The fourth-order valence-corrected chi connectivity index (χ4v) is 2.11. The summed E-state index contributed by atoms with van der Waals surface area (Å²) in [7, 11) is 0. The number of nitrogens with one attached hydrogen (secondary N) is 1. The summed E-state index contributed by atoms with van der Waals surface area (Å²) in [4.78, 5) is 0. The molecule has 1 saturated carbocycles. The minimum atomic E-state index is -0.369. The van der Waals surface area contributed by atoms with Crippen LogP contribution in [0.1, 0.15) is 19.3 Å². The van der Waals surface area contributed by atoms with Crippen molar-refractivity contribution in [3.05, 3.63) is 28.5 Å². The van der Waals surface area contributed by atoms with Crippen molar-refractivity contribution in [3.63, 3.8) is 0 Å². The van der Waals surface area contributed by atoms with E-state index >= 15 is 0 Å². The third kappa shape index (κ3) is 3.19. The van der Waals surface area contributed by atoms with Crippen molar-refractivity contribution in [2.75, 3.05) is 6.61 Å². The molecule has 1 aromatic rings. The van der Waals surface area contributed by atoms with Gasteiger partial charge in [0, 0.05) is 16.3 Å². The quantitative estimate of drug-likeness (QED) is 0.648. The van der Waals surface area contributed by atoms with Crippen LogP contribution in [0, 0.1) is 16.6 Å². The number of nitrogens with two attached hydrogens (primary N) is 1. The number of rotatable bonds is 5. The van der Waals surface area contributed by atoms with Gasteiger partial charge in [-0.3, -0.25) is 5.41 Å². The van der Waals surface area contributed by atoms with Crippen molar-refractivity contribution in [2.24, 2.45) is 11.1 Å². The first kappa shape index (κ1) is 12.4. The Hall–Kier alpha value is -1.10. The van der Waals surface area contributed by atoms with Gasteiger partial charge in [0.05, 0.1) is 12.4 Å². The fourth-order valence-electron chi connectivity index (χ4n) is 1.77. The second-order valence-electron chi connectivity index (χ2n) is 4.57. The van der Waals surface area contributed by atoms with Gasteiger partial charge in [-0.2, -0.15) is 0 Å². The highest BCUT2D eigenvalue weighted by Gasteiger charge is 2.44. The summed E-state index contributed by atoms with van der Waals surface area (Å²) >= 11 is 3.27. The molecular formula is C12H14BrFN2O. The Morgan fingerprint density at radius 2 is 2.24 bits per heavy atom. The van der Waals surface area contributed by atoms with Crippen LogP contribution in [0.5, 0.6) is 5.75 Å². The van der Waals surface area contributed by atoms with Crippen LogP contribution < -0.4 is 10.5 Å². The number of amidine groups is 1. The average Bonchev–Trinajstić information content (AvgIpc) is 2.99. The number of ether oxygens (including phenoxy) is 1. The molecule has 92 valence electrons. The van der Waals surface area contributed by atoms with Crippen LogP contribution in [0.4, 0.5) is 4.39 Å². The Morgan fingerprint density at radius 1 is 1.53 bits per heavy atom. The minimum Gasteiger partial charge on any atom is -0.490 e. The molecule has 0 bridgehead atoms. The average molecular weight is 301 g/mol. The van der Waals surface area contributed by atoms with E-state index in [1.165, 1.54) is 6.07 Å². The van der Waals surface area contributed by atoms with Crippen molar-refractivity contribution < 1.29 is 9.13 Å². The van der Waals surface area contributed by atoms with E-state index < -0.39 is 0 Å². The zero-order chi connectivity index (χ0) is 12.5. The van der Waals surface area contributed by atoms with E-state index in [-0.39, 0.29) is 22.8 Å². The van der Waals surface area contributed by atoms with Crippen LogP contribution in [-0.4, -0.2) is 12.4 Å². The number of benzene rings is 1. The van der Waals surface area contributed by atoms with E-state index in [2.05, 4.69) is 15.9 Å². The topological polar surface area (TPSA) is 59.1 Å². The summed E-state index contributed by atoms with van der Waals surface area (Å²) < 4.78 is 19.7. The Kier molecular flexibility index (Phi) is 3.38. The SMILES string of the molecule is N=C(N)CC1(COc2cc(Br)ccc2F)CC1. The monoisotopic (exact) mass is 300 g/mol. The van der Waals surface area contributed by atoms with Gasteiger partial charge in [-0.05, 0) is 31.0 Å². The largest absolute Gasteiger partial charge is 0.490 e. The van der Waals surface area contributed by atoms with Gasteiger partial charge in [-0.15, -0.1) is 0 Å². The smallest absolute Gasteiger partial charge is 0.165 e. The number of hydrogen-bond acceptors (Lipinski definition) is 2. The summed E-state index contributed by atoms with van der Waals surface area (Å²) in [5, 5.41) is 7.29. The lowest BCUT2D eigenvalue weighted by molar-refractivity contribution is 0.229. The van der Waals surface area contributed by atoms with Gasteiger partial charge in [-0.25, -0.2) is 4.39 Å². The molecule has 0 amide bonds. The standard InChI is InChI=1S/C12H14BrFN2O/c13-8-1-2-9(14)10(5-8)17-7-12(3-4-12)6-11(15)16/h1-2,5H,3-4,6-7H2,(H3,15,16). The molecule has 0 atom stereocenters. The highest BCUT2D eigenvalue weighted by Crippen LogP contribution is 2.49. The molecule has 1 aliphatic rings. The van der Waals surface area contributed by atoms with Gasteiger partial charge >= 0.3 is 0 Å². The molecule has 0 heterocycles. The van der Waals surface area contributed by atoms with Crippen LogP contribution in [0.2, 0.25) is 0 Å². The maximum absolute atomic E-state index is 13.4. The second-order valence-corrected chi connectivity index (χ2v) is 5.48. The number of hydrogen-bond donors (Lipinski definition) is 2. The van der Waals surface area contributed by atoms with Gasteiger partial charge in [0.25, 0.3) is 0 Å². The van der Waals surface area contributed by atoms with E-state index in [4.69, 9.17) is 15.9 Å². The molecule has 5 heteroatoms. The first-order valence-corrected chi connectivity index (χ1v) is 6.21. The molecule has 0 aromatic heterocycles. The van der Waals surface area contributed by atoms with Crippen molar-refractivity contribution in [1.82, 2.24) is 0 Å². The van der Waals surface area contributed by atoms with Crippen LogP contribution in [0.3, 0.4) is 0 Å². The van der Waals surface area contributed by atoms with Crippen LogP contribution in [-0.2, 0) is 0 Å². The molecule has 0 spiro atoms. The van der Waals surface area contributed by atoms with Crippen LogP contribution in [0.15, 0.2) is 22.7 Å². The lowest BCUT2D eigenvalue weighted by Crippen LogP contribution is -2.22. The molecular weight excluding hydrogens is 287 g/mol. The van der Waals surface area contributed by atoms with Gasteiger partial charge in [-0.1, -0.05) is 15.9 Å². The zero-order valence-corrected chi connectivity index (χ0v) is 10.9. The molecule has 0 unspecified atom stereocenters. The van der Waals surface area contributed by atoms with E-state index in [0.717, 1.165) is 17.3 Å². The molecule has 3 N–H and O–H groups in total. The molecule has 1 aliphatic carbocycles. The molecule has 1 aromatic carbocycles. The predicted octanol–water partition coefficient (Wildman–Crippen LogP) is 3.07. The van der Waals surface area contributed by atoms with Crippen molar-refractivity contribution in [3.8, 4) is 5.75 Å². The molecule has 0 radical (unpaired) electrons. The van der Waals surface area contributed by atoms with Gasteiger partial charge in [0.2, 0.25) is 0 Å². The van der Waals surface area contributed by atoms with E-state index in [1.807, 2.05) is 0 Å². The fraction of sp³-hybridized carbons (Fsp3) is 0.417. The van der Waals surface area contributed by atoms with E-state index in [1.54, 1.807) is 12.1 Å². The van der Waals surface area contributed by atoms with E-state index in [0.29, 0.717) is 13.0 Å². The van der Waals surface area contributed by atoms with Gasteiger partial charge < -0.3 is 10.5 Å². The second kappa shape index (κ2) is 4.64. The third-order valence-electron chi connectivity index (χ3n) is 2.95. The summed E-state index contributed by atoms with van der Waals surface area (Å²) in [5.41, 5.74) is 5.35. The maximum atomic E-state index is 13.4. The summed E-state index contributed by atoms with van der Waals surface area (Å²) in [6.45, 7) is 0.417. The Bertz CT molecular complexity index is 446. The first-order valence-electron chi connectivity index (χ1n) is 5.42. The lowest BCUT2D eigenvalue weighted by Gasteiger charge is -2.15. The van der Waals surface area contributed by atoms with Crippen LogP contribution >= 0.6 is 15.9 Å². The van der Waals surface area contributed by atoms with E-state index in [9.17, 15) is 4.39 Å². The Labute approximate surface area is 108 Å². The van der Waals surface area contributed by atoms with Crippen molar-refractivity contribution >= 4 is 21.8 Å². The Morgan fingerprint density at radius 3 is 2.82 bits per heavy atom. The zero-order valence-electron chi connectivity index (χ0n) is 9.30. The maximum Gasteiger partial charge on any atom is 0.165 e. The first-order chi connectivity index (χ1) is 8.01. The Balaban J connectivity index is 1.98. The minimum absolute atomic E-state index is 0.0411. The molecule has 17 heavy (non-hydrogen) atoms. The highest BCUT2D eigenvalue weighted by atomic mass is 79.9. The molecule has 2 rings (SSSR count). The molecule has 1 fully saturated rings. The van der Waals surface area contributed by atoms with Crippen molar-refractivity contribution in [2.45, 2.75) is 19.3 Å². The van der Waals surface area contributed by atoms with Gasteiger partial charge in [0.1, 0.15) is 0 Å². The molecule has 3 nitrogen and oxygen atoms in total. The lowest BCUT2D eigenvalue weighted by atomic mass is 10.0. The highest BCUT2D eigenvalue weighted by molar-refractivity contribution is 9.10. The predicted molar refractivity (Wildman–Crippen MR) is 67.8 cm³/mol. The summed E-state index contributed by atoms with van der Waals surface area (Å²) in [5.74, 6) is 0.0434. The summed E-state index contributed by atoms with van der Waals surface area (Å²) in [6.07, 6.45) is 2.51.